The Morgan fingerprint density at radius 3 is 2.88 bits per heavy atom. The highest BCUT2D eigenvalue weighted by Gasteiger charge is 2.10. The zero-order valence-corrected chi connectivity index (χ0v) is 15.3. The fraction of sp³-hybridized carbons (Fsp3) is 0.222. The molecule has 25 heavy (non-hydrogen) atoms. The number of thioether (sulfide) groups is 1. The third-order valence-corrected chi connectivity index (χ3v) is 5.61. The minimum Gasteiger partial charge on any atom is -0.339 e. The van der Waals surface area contributed by atoms with Gasteiger partial charge < -0.3 is 4.52 Å². The van der Waals surface area contributed by atoms with Crippen LogP contribution < -0.4 is 0 Å². The lowest BCUT2D eigenvalue weighted by atomic mass is 10.2. The van der Waals surface area contributed by atoms with Gasteiger partial charge in [-0.25, -0.2) is 9.97 Å². The van der Waals surface area contributed by atoms with E-state index in [1.165, 1.54) is 0 Å². The van der Waals surface area contributed by atoms with Gasteiger partial charge >= 0.3 is 0 Å². The number of nitrogens with zero attached hydrogens (tertiary/aromatic N) is 4. The molecule has 5 nitrogen and oxygen atoms in total. The molecule has 0 amide bonds. The fourth-order valence-corrected chi connectivity index (χ4v) is 4.18. The Morgan fingerprint density at radius 1 is 1.08 bits per heavy atom. The number of hydrogen-bond donors (Lipinski definition) is 0. The molecule has 0 saturated carbocycles. The van der Waals surface area contributed by atoms with Crippen LogP contribution in [-0.2, 0) is 6.42 Å². The number of rotatable bonds is 6. The van der Waals surface area contributed by atoms with E-state index in [9.17, 15) is 0 Å². The highest BCUT2D eigenvalue weighted by Crippen LogP contribution is 2.26. The molecule has 0 aliphatic heterocycles. The van der Waals surface area contributed by atoms with Gasteiger partial charge in [0.15, 0.2) is 0 Å². The van der Waals surface area contributed by atoms with Gasteiger partial charge in [-0.15, -0.1) is 23.1 Å². The zero-order chi connectivity index (χ0) is 17.1. The van der Waals surface area contributed by atoms with Crippen molar-refractivity contribution in [2.75, 3.05) is 5.75 Å². The Morgan fingerprint density at radius 2 is 2.00 bits per heavy atom. The molecule has 0 aliphatic carbocycles. The number of benzene rings is 1. The van der Waals surface area contributed by atoms with E-state index < -0.39 is 0 Å². The minimum absolute atomic E-state index is 0.676. The molecule has 4 rings (SSSR count). The maximum Gasteiger partial charge on any atom is 0.227 e. The molecule has 126 valence electrons. The van der Waals surface area contributed by atoms with Gasteiger partial charge in [0.05, 0.1) is 10.4 Å². The average molecular weight is 368 g/mol. The second-order valence-corrected chi connectivity index (χ2v) is 7.57. The molecule has 3 heterocycles. The first-order valence-electron chi connectivity index (χ1n) is 8.02. The average Bonchev–Trinajstić information content (AvgIpc) is 3.29. The van der Waals surface area contributed by atoms with Crippen LogP contribution >= 0.6 is 23.1 Å². The van der Waals surface area contributed by atoms with Crippen LogP contribution in [0, 0.1) is 6.92 Å². The third-order valence-electron chi connectivity index (χ3n) is 3.66. The molecule has 0 aliphatic rings. The smallest absolute Gasteiger partial charge is 0.227 e. The SMILES string of the molecule is Cc1nc(SCCCc2nc(-c3cccs3)no2)c2ccccc2n1. The van der Waals surface area contributed by atoms with Gasteiger partial charge in [-0.1, -0.05) is 29.4 Å². The van der Waals surface area contributed by atoms with Crippen LogP contribution in [0.2, 0.25) is 0 Å². The summed E-state index contributed by atoms with van der Waals surface area (Å²) in [5, 5.41) is 8.20. The summed E-state index contributed by atoms with van der Waals surface area (Å²) in [6.45, 7) is 1.93. The number of fused-ring (bicyclic) bond motifs is 1. The molecule has 0 radical (unpaired) electrons. The van der Waals surface area contributed by atoms with Crippen molar-refractivity contribution in [2.24, 2.45) is 0 Å². The molecular weight excluding hydrogens is 352 g/mol. The van der Waals surface area contributed by atoms with E-state index >= 15 is 0 Å². The molecule has 4 aromatic rings. The maximum atomic E-state index is 5.34. The zero-order valence-electron chi connectivity index (χ0n) is 13.7. The molecule has 0 fully saturated rings. The number of aryl methyl sites for hydroxylation is 2. The summed E-state index contributed by atoms with van der Waals surface area (Å²) in [6, 6.07) is 12.1. The van der Waals surface area contributed by atoms with Crippen molar-refractivity contribution in [2.45, 2.75) is 24.8 Å². The first-order chi connectivity index (χ1) is 12.3. The van der Waals surface area contributed by atoms with E-state index in [0.717, 1.165) is 45.2 Å². The van der Waals surface area contributed by atoms with Gasteiger partial charge in [0.1, 0.15) is 10.9 Å². The monoisotopic (exact) mass is 368 g/mol. The fourth-order valence-electron chi connectivity index (χ4n) is 2.52. The molecule has 3 aromatic heterocycles. The van der Waals surface area contributed by atoms with Crippen LogP contribution in [0.1, 0.15) is 18.1 Å². The number of thiophene rings is 1. The van der Waals surface area contributed by atoms with Crippen LogP contribution in [0.25, 0.3) is 21.6 Å². The highest BCUT2D eigenvalue weighted by molar-refractivity contribution is 7.99. The van der Waals surface area contributed by atoms with Crippen LogP contribution in [-0.4, -0.2) is 25.9 Å². The first-order valence-corrected chi connectivity index (χ1v) is 9.89. The predicted octanol–water partition coefficient (Wildman–Crippen LogP) is 4.77. The predicted molar refractivity (Wildman–Crippen MR) is 101 cm³/mol. The van der Waals surface area contributed by atoms with Crippen molar-refractivity contribution >= 4 is 34.0 Å². The summed E-state index contributed by atoms with van der Waals surface area (Å²) < 4.78 is 5.34. The Kier molecular flexibility index (Phi) is 4.76. The lowest BCUT2D eigenvalue weighted by Gasteiger charge is -2.05. The summed E-state index contributed by atoms with van der Waals surface area (Å²) in [4.78, 5) is 14.6. The van der Waals surface area contributed by atoms with Crippen molar-refractivity contribution in [1.82, 2.24) is 20.1 Å². The standard InChI is InChI=1S/C18H16N4OS2/c1-12-19-14-7-3-2-6-13(14)18(20-12)25-11-5-9-16-21-17(22-23-16)15-8-4-10-24-15/h2-4,6-8,10H,5,9,11H2,1H3. The molecule has 0 spiro atoms. The van der Waals surface area contributed by atoms with Crippen molar-refractivity contribution in [1.29, 1.82) is 0 Å². The van der Waals surface area contributed by atoms with Gasteiger partial charge in [-0.3, -0.25) is 0 Å². The molecule has 0 saturated heterocycles. The molecule has 0 bridgehead atoms. The normalized spacial score (nSPS) is 11.2. The summed E-state index contributed by atoms with van der Waals surface area (Å²) in [5.74, 6) is 3.11. The van der Waals surface area contributed by atoms with Gasteiger partial charge in [-0.05, 0) is 30.9 Å². The Hall–Kier alpha value is -2.25. The molecule has 0 atom stereocenters. The van der Waals surface area contributed by atoms with E-state index in [0.29, 0.717) is 11.7 Å². The maximum absolute atomic E-state index is 5.34. The van der Waals surface area contributed by atoms with Crippen LogP contribution in [0.15, 0.2) is 51.3 Å². The first kappa shape index (κ1) is 16.2. The van der Waals surface area contributed by atoms with Crippen molar-refractivity contribution in [3.8, 4) is 10.7 Å². The minimum atomic E-state index is 0.676. The van der Waals surface area contributed by atoms with E-state index in [1.54, 1.807) is 23.1 Å². The summed E-state index contributed by atoms with van der Waals surface area (Å²) in [5.41, 5.74) is 0.995. The summed E-state index contributed by atoms with van der Waals surface area (Å²) >= 11 is 3.36. The number of para-hydroxylation sites is 1. The largest absolute Gasteiger partial charge is 0.339 e. The van der Waals surface area contributed by atoms with Gasteiger partial charge in [0.2, 0.25) is 11.7 Å². The van der Waals surface area contributed by atoms with Crippen LogP contribution in [0.5, 0.6) is 0 Å². The molecular formula is C18H16N4OS2. The summed E-state index contributed by atoms with van der Waals surface area (Å²) in [6.07, 6.45) is 1.72. The van der Waals surface area contributed by atoms with Gasteiger partial charge in [0.25, 0.3) is 0 Å². The van der Waals surface area contributed by atoms with Gasteiger partial charge in [0, 0.05) is 17.6 Å². The van der Waals surface area contributed by atoms with Crippen molar-refractivity contribution in [3.05, 3.63) is 53.5 Å². The van der Waals surface area contributed by atoms with E-state index in [-0.39, 0.29) is 0 Å². The van der Waals surface area contributed by atoms with Crippen molar-refractivity contribution in [3.63, 3.8) is 0 Å². The second kappa shape index (κ2) is 7.33. The Balaban J connectivity index is 1.37. The topological polar surface area (TPSA) is 64.7 Å². The molecule has 0 unspecified atom stereocenters. The van der Waals surface area contributed by atoms with E-state index in [1.807, 2.05) is 42.6 Å². The molecule has 0 N–H and O–H groups in total. The van der Waals surface area contributed by atoms with E-state index in [4.69, 9.17) is 4.52 Å². The second-order valence-electron chi connectivity index (χ2n) is 5.53. The summed E-state index contributed by atoms with van der Waals surface area (Å²) in [7, 11) is 0. The van der Waals surface area contributed by atoms with Crippen molar-refractivity contribution < 1.29 is 4.52 Å². The number of aromatic nitrogens is 4. The van der Waals surface area contributed by atoms with Gasteiger partial charge in [-0.2, -0.15) is 4.98 Å². The quantitative estimate of drug-likeness (QED) is 0.277. The molecule has 7 heteroatoms. The van der Waals surface area contributed by atoms with Crippen LogP contribution in [0.3, 0.4) is 0 Å². The lowest BCUT2D eigenvalue weighted by Crippen LogP contribution is -1.94. The highest BCUT2D eigenvalue weighted by atomic mass is 32.2. The lowest BCUT2D eigenvalue weighted by molar-refractivity contribution is 0.378. The Bertz CT molecular complexity index is 982. The Labute approximate surface area is 153 Å². The van der Waals surface area contributed by atoms with E-state index in [2.05, 4.69) is 26.2 Å². The number of hydrogen-bond acceptors (Lipinski definition) is 7. The third kappa shape index (κ3) is 3.72. The molecule has 1 aromatic carbocycles. The van der Waals surface area contributed by atoms with Crippen LogP contribution in [0.4, 0.5) is 0 Å².